The third kappa shape index (κ3) is 7.13. The number of hydrogen-bond donors (Lipinski definition) is 4. The summed E-state index contributed by atoms with van der Waals surface area (Å²) in [6, 6.07) is 11.2. The first kappa shape index (κ1) is 21.6. The topological polar surface area (TPSA) is 122 Å². The van der Waals surface area contributed by atoms with Gasteiger partial charge >= 0.3 is 5.97 Å². The van der Waals surface area contributed by atoms with Crippen molar-refractivity contribution in [3.8, 4) is 10.4 Å². The zero-order valence-corrected chi connectivity index (χ0v) is 16.3. The molecule has 0 aliphatic heterocycles. The van der Waals surface area contributed by atoms with Crippen LogP contribution < -0.4 is 16.4 Å². The average Bonchev–Trinajstić information content (AvgIpc) is 3.22. The number of rotatable bonds is 11. The van der Waals surface area contributed by atoms with Crippen LogP contribution in [0.25, 0.3) is 10.4 Å². The van der Waals surface area contributed by atoms with Gasteiger partial charge in [-0.1, -0.05) is 30.3 Å². The standard InChI is InChI=1S/C20H25N3O4S/c21-11-12-22-20(27)16(8-10-19(25)26)23-18(24)9-5-14-3-6-15(7-4-14)17-2-1-13-28-17/h1-4,6-7,13,16H,5,8-12,21H2,(H,22,27)(H,23,24)(H,25,26). The van der Waals surface area contributed by atoms with Crippen LogP contribution in [0.1, 0.15) is 24.8 Å². The highest BCUT2D eigenvalue weighted by atomic mass is 32.1. The van der Waals surface area contributed by atoms with E-state index in [0.29, 0.717) is 6.42 Å². The van der Waals surface area contributed by atoms with E-state index in [2.05, 4.69) is 16.7 Å². The first-order valence-corrected chi connectivity index (χ1v) is 9.99. The van der Waals surface area contributed by atoms with E-state index in [1.807, 2.05) is 35.7 Å². The van der Waals surface area contributed by atoms with Gasteiger partial charge in [-0.25, -0.2) is 0 Å². The van der Waals surface area contributed by atoms with Gasteiger partial charge < -0.3 is 21.5 Å². The van der Waals surface area contributed by atoms with Crippen molar-refractivity contribution >= 4 is 29.1 Å². The number of aliphatic carboxylic acids is 1. The molecule has 7 nitrogen and oxygen atoms in total. The molecule has 1 aromatic heterocycles. The molecule has 1 atom stereocenters. The number of aryl methyl sites for hydroxylation is 1. The Balaban J connectivity index is 1.86. The molecule has 0 radical (unpaired) electrons. The highest BCUT2D eigenvalue weighted by Crippen LogP contribution is 2.24. The minimum Gasteiger partial charge on any atom is -0.481 e. The number of carbonyl (C=O) groups is 3. The van der Waals surface area contributed by atoms with Crippen molar-refractivity contribution in [3.05, 3.63) is 47.3 Å². The van der Waals surface area contributed by atoms with Gasteiger partial charge in [0.25, 0.3) is 0 Å². The molecule has 2 amide bonds. The molecular formula is C20H25N3O4S. The van der Waals surface area contributed by atoms with Crippen LogP contribution in [-0.2, 0) is 20.8 Å². The van der Waals surface area contributed by atoms with Gasteiger partial charge in [0.15, 0.2) is 0 Å². The second-order valence-corrected chi connectivity index (χ2v) is 7.25. The van der Waals surface area contributed by atoms with Gasteiger partial charge in [-0.3, -0.25) is 14.4 Å². The molecule has 0 bridgehead atoms. The molecule has 28 heavy (non-hydrogen) atoms. The van der Waals surface area contributed by atoms with Crippen molar-refractivity contribution in [2.24, 2.45) is 5.73 Å². The van der Waals surface area contributed by atoms with E-state index in [9.17, 15) is 14.4 Å². The molecule has 8 heteroatoms. The molecule has 2 rings (SSSR count). The fourth-order valence-corrected chi connectivity index (χ4v) is 3.39. The van der Waals surface area contributed by atoms with E-state index >= 15 is 0 Å². The van der Waals surface area contributed by atoms with E-state index < -0.39 is 17.9 Å². The number of amides is 2. The van der Waals surface area contributed by atoms with Gasteiger partial charge in [-0.2, -0.15) is 0 Å². The Morgan fingerprint density at radius 2 is 1.86 bits per heavy atom. The summed E-state index contributed by atoms with van der Waals surface area (Å²) in [5.74, 6) is -1.72. The molecule has 5 N–H and O–H groups in total. The van der Waals surface area contributed by atoms with E-state index in [-0.39, 0.29) is 38.3 Å². The fraction of sp³-hybridized carbons (Fsp3) is 0.350. The van der Waals surface area contributed by atoms with Gasteiger partial charge in [0.1, 0.15) is 6.04 Å². The second kappa shape index (κ2) is 11.2. The lowest BCUT2D eigenvalue weighted by molar-refractivity contribution is -0.138. The maximum absolute atomic E-state index is 12.2. The average molecular weight is 404 g/mol. The van der Waals surface area contributed by atoms with Crippen molar-refractivity contribution in [1.82, 2.24) is 10.6 Å². The molecule has 0 spiro atoms. The van der Waals surface area contributed by atoms with Crippen molar-refractivity contribution < 1.29 is 19.5 Å². The van der Waals surface area contributed by atoms with Gasteiger partial charge in [-0.15, -0.1) is 11.3 Å². The Morgan fingerprint density at radius 1 is 1.11 bits per heavy atom. The lowest BCUT2D eigenvalue weighted by Crippen LogP contribution is -2.48. The molecule has 0 aliphatic carbocycles. The summed E-state index contributed by atoms with van der Waals surface area (Å²) in [6.45, 7) is 0.543. The number of nitrogens with two attached hydrogens (primary N) is 1. The number of benzene rings is 1. The highest BCUT2D eigenvalue weighted by molar-refractivity contribution is 7.13. The minimum atomic E-state index is -1.02. The van der Waals surface area contributed by atoms with E-state index in [4.69, 9.17) is 10.8 Å². The Bertz CT molecular complexity index is 775. The summed E-state index contributed by atoms with van der Waals surface area (Å²) in [4.78, 5) is 36.3. The molecule has 0 saturated carbocycles. The third-order valence-corrected chi connectivity index (χ3v) is 5.06. The summed E-state index contributed by atoms with van der Waals surface area (Å²) in [5.41, 5.74) is 7.51. The van der Waals surface area contributed by atoms with Crippen molar-refractivity contribution in [2.45, 2.75) is 31.7 Å². The van der Waals surface area contributed by atoms with Gasteiger partial charge in [-0.05, 0) is 35.4 Å². The van der Waals surface area contributed by atoms with Gasteiger partial charge in [0.2, 0.25) is 11.8 Å². The normalized spacial score (nSPS) is 11.6. The number of thiophene rings is 1. The minimum absolute atomic E-state index is 0.0347. The predicted octanol–water partition coefficient (Wildman–Crippen LogP) is 1.77. The van der Waals surface area contributed by atoms with Gasteiger partial charge in [0.05, 0.1) is 0 Å². The zero-order chi connectivity index (χ0) is 20.4. The molecule has 1 unspecified atom stereocenters. The Kier molecular flexibility index (Phi) is 8.64. The number of nitrogens with one attached hydrogen (secondary N) is 2. The van der Waals surface area contributed by atoms with Crippen LogP contribution in [0.15, 0.2) is 41.8 Å². The number of carboxylic acids is 1. The Morgan fingerprint density at radius 3 is 2.46 bits per heavy atom. The van der Waals surface area contributed by atoms with Crippen molar-refractivity contribution in [1.29, 1.82) is 0 Å². The monoisotopic (exact) mass is 403 g/mol. The number of hydrogen-bond acceptors (Lipinski definition) is 5. The third-order valence-electron chi connectivity index (χ3n) is 4.14. The molecule has 1 heterocycles. The molecule has 150 valence electrons. The lowest BCUT2D eigenvalue weighted by atomic mass is 10.1. The maximum atomic E-state index is 12.2. The fourth-order valence-electron chi connectivity index (χ4n) is 2.66. The van der Waals surface area contributed by atoms with Crippen molar-refractivity contribution in [2.75, 3.05) is 13.1 Å². The van der Waals surface area contributed by atoms with Crippen LogP contribution >= 0.6 is 11.3 Å². The summed E-state index contributed by atoms with van der Waals surface area (Å²) >= 11 is 1.67. The molecular weight excluding hydrogens is 378 g/mol. The van der Waals surface area contributed by atoms with Crippen LogP contribution in [0, 0.1) is 0 Å². The van der Waals surface area contributed by atoms with Crippen LogP contribution in [0.5, 0.6) is 0 Å². The van der Waals surface area contributed by atoms with E-state index in [1.54, 1.807) is 11.3 Å². The van der Waals surface area contributed by atoms with Crippen LogP contribution in [0.4, 0.5) is 0 Å². The lowest BCUT2D eigenvalue weighted by Gasteiger charge is -2.17. The first-order valence-electron chi connectivity index (χ1n) is 9.11. The largest absolute Gasteiger partial charge is 0.481 e. The smallest absolute Gasteiger partial charge is 0.303 e. The van der Waals surface area contributed by atoms with Crippen LogP contribution in [0.2, 0.25) is 0 Å². The summed E-state index contributed by atoms with van der Waals surface area (Å²) in [7, 11) is 0. The van der Waals surface area contributed by atoms with Gasteiger partial charge in [0, 0.05) is 30.8 Å². The molecule has 2 aromatic rings. The molecule has 1 aromatic carbocycles. The zero-order valence-electron chi connectivity index (χ0n) is 15.5. The summed E-state index contributed by atoms with van der Waals surface area (Å²) in [5, 5.41) is 16.1. The molecule has 0 fully saturated rings. The summed E-state index contributed by atoms with van der Waals surface area (Å²) < 4.78 is 0. The number of carbonyl (C=O) groups excluding carboxylic acids is 2. The van der Waals surface area contributed by atoms with Crippen LogP contribution in [-0.4, -0.2) is 42.0 Å². The summed E-state index contributed by atoms with van der Waals surface area (Å²) in [6.07, 6.45) is 0.580. The van der Waals surface area contributed by atoms with Crippen molar-refractivity contribution in [3.63, 3.8) is 0 Å². The second-order valence-electron chi connectivity index (χ2n) is 6.31. The maximum Gasteiger partial charge on any atom is 0.303 e. The van der Waals surface area contributed by atoms with E-state index in [0.717, 1.165) is 11.1 Å². The first-order chi connectivity index (χ1) is 13.5. The Hall–Kier alpha value is -2.71. The predicted molar refractivity (Wildman–Crippen MR) is 109 cm³/mol. The van der Waals surface area contributed by atoms with E-state index in [1.165, 1.54) is 4.88 Å². The SMILES string of the molecule is NCCNC(=O)C(CCC(=O)O)NC(=O)CCc1ccc(-c2cccs2)cc1. The quantitative estimate of drug-likeness (QED) is 0.456. The Labute approximate surface area is 167 Å². The van der Waals surface area contributed by atoms with Crippen LogP contribution in [0.3, 0.4) is 0 Å². The highest BCUT2D eigenvalue weighted by Gasteiger charge is 2.21. The number of carboxylic acid groups (broad SMARTS) is 1. The molecule has 0 saturated heterocycles. The molecule has 0 aliphatic rings.